The van der Waals surface area contributed by atoms with E-state index in [2.05, 4.69) is 27.6 Å². The van der Waals surface area contributed by atoms with Crippen molar-refractivity contribution < 1.29 is 4.39 Å². The maximum absolute atomic E-state index is 12.9. The topological polar surface area (TPSA) is 12.9 Å². The molecule has 0 fully saturated rings. The molecule has 1 heterocycles. The van der Waals surface area contributed by atoms with Crippen LogP contribution < -0.4 is 0 Å². The van der Waals surface area contributed by atoms with Gasteiger partial charge in [0.2, 0.25) is 0 Å². The summed E-state index contributed by atoms with van der Waals surface area (Å²) in [6.07, 6.45) is 1.67. The number of benzene rings is 1. The summed E-state index contributed by atoms with van der Waals surface area (Å²) in [4.78, 5) is 4.12. The Hall–Kier alpha value is -0.420. The Morgan fingerprint density at radius 3 is 2.92 bits per heavy atom. The quantitative estimate of drug-likeness (QED) is 0.677. The molecule has 4 heteroatoms. The molecule has 0 spiro atoms. The summed E-state index contributed by atoms with van der Waals surface area (Å²) in [7, 11) is 0. The van der Waals surface area contributed by atoms with E-state index >= 15 is 0 Å². The fourth-order valence-corrected chi connectivity index (χ4v) is 1.74. The highest BCUT2D eigenvalue weighted by molar-refractivity contribution is 14.1. The van der Waals surface area contributed by atoms with Crippen molar-refractivity contribution in [2.24, 2.45) is 0 Å². The largest absolute Gasteiger partial charge is 0.255 e. The predicted octanol–water partition coefficient (Wildman–Crippen LogP) is 3.63. The molecule has 1 nitrogen and oxygen atoms in total. The highest BCUT2D eigenvalue weighted by Crippen LogP contribution is 2.26. The van der Waals surface area contributed by atoms with Gasteiger partial charge >= 0.3 is 0 Å². The van der Waals surface area contributed by atoms with Crippen LogP contribution >= 0.6 is 34.2 Å². The molecule has 0 aliphatic heterocycles. The van der Waals surface area contributed by atoms with E-state index in [4.69, 9.17) is 11.6 Å². The molecule has 0 atom stereocenters. The fraction of sp³-hybridized carbons (Fsp3) is 0. The van der Waals surface area contributed by atoms with Crippen molar-refractivity contribution in [2.45, 2.75) is 0 Å². The molecule has 0 N–H and O–H groups in total. The number of nitrogens with zero attached hydrogens (tertiary/aromatic N) is 1. The molecule has 0 aliphatic carbocycles. The molecule has 2 rings (SSSR count). The lowest BCUT2D eigenvalue weighted by atomic mass is 10.2. The molecular weight excluding hydrogens is 303 g/mol. The van der Waals surface area contributed by atoms with Crippen LogP contribution in [-0.4, -0.2) is 4.98 Å². The van der Waals surface area contributed by atoms with Crippen molar-refractivity contribution in [3.8, 4) is 0 Å². The van der Waals surface area contributed by atoms with Gasteiger partial charge in [-0.1, -0.05) is 11.6 Å². The third-order valence-electron chi connectivity index (χ3n) is 1.72. The highest BCUT2D eigenvalue weighted by Gasteiger charge is 2.04. The third kappa shape index (κ3) is 1.62. The molecule has 0 unspecified atom stereocenters. The fourth-order valence-electron chi connectivity index (χ4n) is 1.11. The second-order valence-electron chi connectivity index (χ2n) is 2.58. The van der Waals surface area contributed by atoms with Gasteiger partial charge in [-0.15, -0.1) is 0 Å². The van der Waals surface area contributed by atoms with Crippen molar-refractivity contribution in [2.75, 3.05) is 0 Å². The standard InChI is InChI=1S/C9H4ClFIN/c10-9-6-3-5(11)1-2-8(6)13-4-7(9)12/h1-4H. The highest BCUT2D eigenvalue weighted by atomic mass is 127. The van der Waals surface area contributed by atoms with Gasteiger partial charge in [0.25, 0.3) is 0 Å². The van der Waals surface area contributed by atoms with Gasteiger partial charge < -0.3 is 0 Å². The number of halogens is 3. The van der Waals surface area contributed by atoms with Gasteiger partial charge in [0.1, 0.15) is 5.82 Å². The van der Waals surface area contributed by atoms with Crippen molar-refractivity contribution in [3.05, 3.63) is 38.8 Å². The van der Waals surface area contributed by atoms with Crippen LogP contribution in [0.25, 0.3) is 10.9 Å². The Kier molecular flexibility index (Phi) is 2.38. The van der Waals surface area contributed by atoms with Gasteiger partial charge in [0.15, 0.2) is 0 Å². The first-order chi connectivity index (χ1) is 6.18. The Morgan fingerprint density at radius 1 is 1.38 bits per heavy atom. The van der Waals surface area contributed by atoms with E-state index in [-0.39, 0.29) is 5.82 Å². The molecule has 0 bridgehead atoms. The number of rotatable bonds is 0. The Morgan fingerprint density at radius 2 is 2.15 bits per heavy atom. The predicted molar refractivity (Wildman–Crippen MR) is 59.4 cm³/mol. The van der Waals surface area contributed by atoms with Crippen LogP contribution in [0, 0.1) is 9.39 Å². The lowest BCUT2D eigenvalue weighted by Gasteiger charge is -2.01. The maximum Gasteiger partial charge on any atom is 0.124 e. The van der Waals surface area contributed by atoms with E-state index in [1.807, 2.05) is 0 Å². The SMILES string of the molecule is Fc1ccc2ncc(I)c(Cl)c2c1. The lowest BCUT2D eigenvalue weighted by Crippen LogP contribution is -1.84. The molecule has 2 aromatic rings. The van der Waals surface area contributed by atoms with Crippen LogP contribution in [0.1, 0.15) is 0 Å². The van der Waals surface area contributed by atoms with Crippen LogP contribution in [0.4, 0.5) is 4.39 Å². The summed E-state index contributed by atoms with van der Waals surface area (Å²) in [5.74, 6) is -0.293. The summed E-state index contributed by atoms with van der Waals surface area (Å²) >= 11 is 8.05. The molecule has 0 radical (unpaired) electrons. The Labute approximate surface area is 93.1 Å². The van der Waals surface area contributed by atoms with Crippen molar-refractivity contribution in [1.82, 2.24) is 4.98 Å². The zero-order valence-corrected chi connectivity index (χ0v) is 9.30. The molecule has 0 amide bonds. The first-order valence-corrected chi connectivity index (χ1v) is 5.03. The molecule has 0 aliphatic rings. The van der Waals surface area contributed by atoms with E-state index in [1.54, 1.807) is 12.3 Å². The zero-order chi connectivity index (χ0) is 9.42. The number of aromatic nitrogens is 1. The van der Waals surface area contributed by atoms with E-state index in [1.165, 1.54) is 12.1 Å². The normalized spacial score (nSPS) is 10.7. The minimum atomic E-state index is -0.293. The Bertz CT molecular complexity index is 467. The molecule has 0 saturated carbocycles. The van der Waals surface area contributed by atoms with Crippen LogP contribution in [-0.2, 0) is 0 Å². The van der Waals surface area contributed by atoms with Crippen molar-refractivity contribution >= 4 is 45.1 Å². The first-order valence-electron chi connectivity index (χ1n) is 3.58. The summed E-state index contributed by atoms with van der Waals surface area (Å²) in [5, 5.41) is 1.22. The van der Waals surface area contributed by atoms with Crippen LogP contribution in [0.3, 0.4) is 0 Å². The van der Waals surface area contributed by atoms with E-state index < -0.39 is 0 Å². The van der Waals surface area contributed by atoms with E-state index in [0.29, 0.717) is 15.9 Å². The van der Waals surface area contributed by atoms with E-state index in [0.717, 1.165) is 3.57 Å². The number of pyridine rings is 1. The van der Waals surface area contributed by atoms with Crippen LogP contribution in [0.15, 0.2) is 24.4 Å². The second kappa shape index (κ2) is 3.38. The summed E-state index contributed by atoms with van der Waals surface area (Å²) < 4.78 is 13.7. The molecule has 1 aromatic heterocycles. The van der Waals surface area contributed by atoms with Crippen LogP contribution in [0.2, 0.25) is 5.02 Å². The number of hydrogen-bond donors (Lipinski definition) is 0. The summed E-state index contributed by atoms with van der Waals surface area (Å²) in [6, 6.07) is 4.39. The van der Waals surface area contributed by atoms with Crippen LogP contribution in [0.5, 0.6) is 0 Å². The minimum Gasteiger partial charge on any atom is -0.255 e. The second-order valence-corrected chi connectivity index (χ2v) is 4.12. The molecule has 66 valence electrons. The molecule has 13 heavy (non-hydrogen) atoms. The zero-order valence-electron chi connectivity index (χ0n) is 6.39. The number of hydrogen-bond acceptors (Lipinski definition) is 1. The average Bonchev–Trinajstić information content (AvgIpc) is 2.12. The van der Waals surface area contributed by atoms with Gasteiger partial charge in [0, 0.05) is 11.6 Å². The van der Waals surface area contributed by atoms with Gasteiger partial charge in [-0.25, -0.2) is 4.39 Å². The summed E-state index contributed by atoms with van der Waals surface area (Å²) in [5.41, 5.74) is 0.715. The lowest BCUT2D eigenvalue weighted by molar-refractivity contribution is 0.629. The Balaban J connectivity index is 2.89. The molecule has 1 aromatic carbocycles. The van der Waals surface area contributed by atoms with Gasteiger partial charge in [-0.3, -0.25) is 4.98 Å². The maximum atomic E-state index is 12.9. The van der Waals surface area contributed by atoms with Crippen molar-refractivity contribution in [3.63, 3.8) is 0 Å². The van der Waals surface area contributed by atoms with Crippen molar-refractivity contribution in [1.29, 1.82) is 0 Å². The van der Waals surface area contributed by atoms with E-state index in [9.17, 15) is 4.39 Å². The monoisotopic (exact) mass is 307 g/mol. The van der Waals surface area contributed by atoms with Gasteiger partial charge in [-0.2, -0.15) is 0 Å². The molecular formula is C9H4ClFIN. The van der Waals surface area contributed by atoms with Gasteiger partial charge in [0.05, 0.1) is 14.1 Å². The summed E-state index contributed by atoms with van der Waals surface area (Å²) in [6.45, 7) is 0. The minimum absolute atomic E-state index is 0.293. The third-order valence-corrected chi connectivity index (χ3v) is 3.27. The first kappa shape index (κ1) is 9.15. The number of fused-ring (bicyclic) bond motifs is 1. The van der Waals surface area contributed by atoms with Gasteiger partial charge in [-0.05, 0) is 40.8 Å². The molecule has 0 saturated heterocycles. The smallest absolute Gasteiger partial charge is 0.124 e. The average molecular weight is 307 g/mol.